The fraction of sp³-hybridized carbons (Fsp3) is 0.294. The number of carbonyl (C=O) groups excluding carboxylic acids is 2. The van der Waals surface area contributed by atoms with Crippen LogP contribution in [0.15, 0.2) is 41.8 Å². The van der Waals surface area contributed by atoms with E-state index in [1.54, 1.807) is 13.1 Å². The molecule has 1 heterocycles. The summed E-state index contributed by atoms with van der Waals surface area (Å²) in [5.74, 6) is -0.353. The zero-order valence-electron chi connectivity index (χ0n) is 13.3. The lowest BCUT2D eigenvalue weighted by molar-refractivity contribution is -0.116. The van der Waals surface area contributed by atoms with Crippen molar-refractivity contribution in [2.45, 2.75) is 13.5 Å². The number of thiophene rings is 1. The lowest BCUT2D eigenvalue weighted by atomic mass is 10.2. The van der Waals surface area contributed by atoms with Crippen molar-refractivity contribution in [3.8, 4) is 0 Å². The Labute approximate surface area is 140 Å². The van der Waals surface area contributed by atoms with Gasteiger partial charge in [-0.2, -0.15) is 0 Å². The summed E-state index contributed by atoms with van der Waals surface area (Å²) in [5.41, 5.74) is 1.84. The SMILES string of the molecule is CCNCc1cccc(NC(=O)CN(C)C(=O)c2cccs2)c1. The summed E-state index contributed by atoms with van der Waals surface area (Å²) in [6.45, 7) is 3.73. The third-order valence-electron chi connectivity index (χ3n) is 3.25. The maximum atomic E-state index is 12.1. The first-order chi connectivity index (χ1) is 11.1. The number of nitrogens with zero attached hydrogens (tertiary/aromatic N) is 1. The summed E-state index contributed by atoms with van der Waals surface area (Å²) in [7, 11) is 1.63. The first-order valence-corrected chi connectivity index (χ1v) is 8.36. The second-order valence-electron chi connectivity index (χ2n) is 5.17. The molecule has 122 valence electrons. The number of hydrogen-bond donors (Lipinski definition) is 2. The van der Waals surface area contributed by atoms with Crippen molar-refractivity contribution in [2.75, 3.05) is 25.5 Å². The highest BCUT2D eigenvalue weighted by atomic mass is 32.1. The Hall–Kier alpha value is -2.18. The van der Waals surface area contributed by atoms with E-state index in [1.807, 2.05) is 42.6 Å². The molecule has 0 aliphatic carbocycles. The van der Waals surface area contributed by atoms with E-state index in [2.05, 4.69) is 10.6 Å². The number of anilines is 1. The highest BCUT2D eigenvalue weighted by molar-refractivity contribution is 7.12. The Morgan fingerprint density at radius 3 is 2.74 bits per heavy atom. The Bertz CT molecular complexity index is 656. The average molecular weight is 331 g/mol. The van der Waals surface area contributed by atoms with Gasteiger partial charge in [-0.3, -0.25) is 9.59 Å². The fourth-order valence-corrected chi connectivity index (χ4v) is 2.82. The minimum absolute atomic E-state index is 0.0220. The summed E-state index contributed by atoms with van der Waals surface area (Å²) in [6.07, 6.45) is 0. The quantitative estimate of drug-likeness (QED) is 0.820. The van der Waals surface area contributed by atoms with Crippen LogP contribution in [0.2, 0.25) is 0 Å². The Kier molecular flexibility index (Phi) is 6.31. The Morgan fingerprint density at radius 2 is 2.04 bits per heavy atom. The van der Waals surface area contributed by atoms with Crippen LogP contribution in [-0.4, -0.2) is 36.9 Å². The second-order valence-corrected chi connectivity index (χ2v) is 6.12. The number of carbonyl (C=O) groups is 2. The highest BCUT2D eigenvalue weighted by Crippen LogP contribution is 2.12. The molecule has 0 aliphatic rings. The fourth-order valence-electron chi connectivity index (χ4n) is 2.10. The second kappa shape index (κ2) is 8.45. The molecule has 0 radical (unpaired) electrons. The number of nitrogens with one attached hydrogen (secondary N) is 2. The summed E-state index contributed by atoms with van der Waals surface area (Å²) < 4.78 is 0. The summed E-state index contributed by atoms with van der Waals surface area (Å²) in [6, 6.07) is 11.3. The monoisotopic (exact) mass is 331 g/mol. The average Bonchev–Trinajstić information content (AvgIpc) is 3.06. The van der Waals surface area contributed by atoms with Gasteiger partial charge >= 0.3 is 0 Å². The normalized spacial score (nSPS) is 10.3. The third-order valence-corrected chi connectivity index (χ3v) is 4.11. The first-order valence-electron chi connectivity index (χ1n) is 7.48. The van der Waals surface area contributed by atoms with E-state index >= 15 is 0 Å². The van der Waals surface area contributed by atoms with Gasteiger partial charge < -0.3 is 15.5 Å². The smallest absolute Gasteiger partial charge is 0.264 e. The van der Waals surface area contributed by atoms with Gasteiger partial charge in [0.05, 0.1) is 11.4 Å². The molecule has 1 aromatic heterocycles. The molecule has 0 saturated heterocycles. The Morgan fingerprint density at radius 1 is 1.22 bits per heavy atom. The van der Waals surface area contributed by atoms with E-state index in [0.717, 1.165) is 24.3 Å². The molecule has 0 fully saturated rings. The molecule has 2 rings (SSSR count). The van der Waals surface area contributed by atoms with E-state index < -0.39 is 0 Å². The maximum absolute atomic E-state index is 12.1. The largest absolute Gasteiger partial charge is 0.332 e. The van der Waals surface area contributed by atoms with Crippen LogP contribution in [0.5, 0.6) is 0 Å². The molecular formula is C17H21N3O2S. The molecule has 0 bridgehead atoms. The van der Waals surface area contributed by atoms with Crippen molar-refractivity contribution in [1.29, 1.82) is 0 Å². The molecule has 6 heteroatoms. The molecule has 2 N–H and O–H groups in total. The van der Waals surface area contributed by atoms with E-state index in [0.29, 0.717) is 4.88 Å². The van der Waals surface area contributed by atoms with Crippen molar-refractivity contribution < 1.29 is 9.59 Å². The van der Waals surface area contributed by atoms with Gasteiger partial charge in [0.1, 0.15) is 0 Å². The topological polar surface area (TPSA) is 61.4 Å². The molecule has 23 heavy (non-hydrogen) atoms. The van der Waals surface area contributed by atoms with Crippen molar-refractivity contribution in [2.24, 2.45) is 0 Å². The van der Waals surface area contributed by atoms with Crippen molar-refractivity contribution in [1.82, 2.24) is 10.2 Å². The molecule has 0 atom stereocenters. The summed E-state index contributed by atoms with van der Waals surface area (Å²) in [5, 5.41) is 7.92. The van der Waals surface area contributed by atoms with Gasteiger partial charge in [-0.25, -0.2) is 0 Å². The van der Waals surface area contributed by atoms with E-state index in [1.165, 1.54) is 16.2 Å². The van der Waals surface area contributed by atoms with Gasteiger partial charge in [-0.15, -0.1) is 11.3 Å². The van der Waals surface area contributed by atoms with E-state index in [-0.39, 0.29) is 18.4 Å². The summed E-state index contributed by atoms with van der Waals surface area (Å²) in [4.78, 5) is 26.3. The molecule has 0 aliphatic heterocycles. The van der Waals surface area contributed by atoms with Crippen LogP contribution in [0, 0.1) is 0 Å². The van der Waals surface area contributed by atoms with Crippen LogP contribution in [-0.2, 0) is 11.3 Å². The number of rotatable bonds is 7. The molecule has 1 aromatic carbocycles. The van der Waals surface area contributed by atoms with E-state index in [4.69, 9.17) is 0 Å². The van der Waals surface area contributed by atoms with Crippen LogP contribution in [0.3, 0.4) is 0 Å². The zero-order valence-corrected chi connectivity index (χ0v) is 14.2. The van der Waals surface area contributed by atoms with Gasteiger partial charge in [0.2, 0.25) is 5.91 Å². The van der Waals surface area contributed by atoms with Crippen LogP contribution in [0.25, 0.3) is 0 Å². The Balaban J connectivity index is 1.90. The minimum atomic E-state index is -0.210. The third kappa shape index (κ3) is 5.19. The van der Waals surface area contributed by atoms with Gasteiger partial charge in [-0.1, -0.05) is 25.1 Å². The number of amides is 2. The highest BCUT2D eigenvalue weighted by Gasteiger charge is 2.15. The number of hydrogen-bond acceptors (Lipinski definition) is 4. The minimum Gasteiger partial charge on any atom is -0.332 e. The maximum Gasteiger partial charge on any atom is 0.264 e. The van der Waals surface area contributed by atoms with Gasteiger partial charge in [0, 0.05) is 19.3 Å². The molecular weight excluding hydrogens is 310 g/mol. The molecule has 2 aromatic rings. The molecule has 0 spiro atoms. The summed E-state index contributed by atoms with van der Waals surface area (Å²) >= 11 is 1.37. The number of benzene rings is 1. The van der Waals surface area contributed by atoms with Crippen molar-refractivity contribution in [3.05, 3.63) is 52.2 Å². The molecule has 2 amide bonds. The van der Waals surface area contributed by atoms with Crippen molar-refractivity contribution >= 4 is 28.8 Å². The van der Waals surface area contributed by atoms with Crippen LogP contribution < -0.4 is 10.6 Å². The lowest BCUT2D eigenvalue weighted by Crippen LogP contribution is -2.34. The van der Waals surface area contributed by atoms with Crippen LogP contribution in [0.4, 0.5) is 5.69 Å². The first kappa shape index (κ1) is 17.2. The molecule has 5 nitrogen and oxygen atoms in total. The molecule has 0 saturated carbocycles. The van der Waals surface area contributed by atoms with Gasteiger partial charge in [-0.05, 0) is 35.7 Å². The predicted molar refractivity (Wildman–Crippen MR) is 93.7 cm³/mol. The van der Waals surface area contributed by atoms with E-state index in [9.17, 15) is 9.59 Å². The van der Waals surface area contributed by atoms with Gasteiger partial charge in [0.25, 0.3) is 5.91 Å². The van der Waals surface area contributed by atoms with Crippen LogP contribution in [0.1, 0.15) is 22.2 Å². The van der Waals surface area contributed by atoms with Crippen molar-refractivity contribution in [3.63, 3.8) is 0 Å². The number of likely N-dealkylation sites (N-methyl/N-ethyl adjacent to an activating group) is 1. The van der Waals surface area contributed by atoms with Crippen LogP contribution >= 0.6 is 11.3 Å². The standard InChI is InChI=1S/C17H21N3O2S/c1-3-18-11-13-6-4-7-14(10-13)19-16(21)12-20(2)17(22)15-8-5-9-23-15/h4-10,18H,3,11-12H2,1-2H3,(H,19,21). The lowest BCUT2D eigenvalue weighted by Gasteiger charge is -2.16. The van der Waals surface area contributed by atoms with Gasteiger partial charge in [0.15, 0.2) is 0 Å². The predicted octanol–water partition coefficient (Wildman–Crippen LogP) is 2.57. The zero-order chi connectivity index (χ0) is 16.7. The molecule has 0 unspecified atom stereocenters.